The summed E-state index contributed by atoms with van der Waals surface area (Å²) < 4.78 is 5.17. The van der Waals surface area contributed by atoms with Gasteiger partial charge in [0.05, 0.1) is 18.6 Å². The van der Waals surface area contributed by atoms with Gasteiger partial charge in [0.1, 0.15) is 0 Å². The van der Waals surface area contributed by atoms with Gasteiger partial charge in [0, 0.05) is 6.61 Å². The van der Waals surface area contributed by atoms with Crippen molar-refractivity contribution in [2.75, 3.05) is 6.61 Å². The van der Waals surface area contributed by atoms with Crippen molar-refractivity contribution in [3.63, 3.8) is 0 Å². The molecule has 1 atom stereocenters. The summed E-state index contributed by atoms with van der Waals surface area (Å²) in [6.07, 6.45) is 3.03. The molecule has 1 aliphatic heterocycles. The molecule has 0 aromatic heterocycles. The quantitative estimate of drug-likeness (QED) is 0.496. The Balaban J connectivity index is 0. The molecule has 10 heavy (non-hydrogen) atoms. The van der Waals surface area contributed by atoms with Gasteiger partial charge in [-0.3, -0.25) is 0 Å². The van der Waals surface area contributed by atoms with E-state index in [1.165, 1.54) is 0 Å². The van der Waals surface area contributed by atoms with Crippen LogP contribution in [0.5, 0.6) is 0 Å². The molecule has 0 N–H and O–H groups in total. The van der Waals surface area contributed by atoms with Gasteiger partial charge in [0.25, 0.3) is 0 Å². The van der Waals surface area contributed by atoms with Crippen LogP contribution in [0, 0.1) is 11.3 Å². The minimum atomic E-state index is 0. The van der Waals surface area contributed by atoms with Crippen LogP contribution in [0.4, 0.5) is 0 Å². The van der Waals surface area contributed by atoms with Crippen LogP contribution >= 0.6 is 12.4 Å². The van der Waals surface area contributed by atoms with Gasteiger partial charge in [-0.05, 0) is 12.8 Å². The van der Waals surface area contributed by atoms with Crippen LogP contribution in [-0.4, -0.2) is 12.7 Å². The molecule has 0 bridgehead atoms. The molecule has 4 heteroatoms. The van der Waals surface area contributed by atoms with Crippen molar-refractivity contribution in [2.24, 2.45) is 0 Å². The number of hydrogen-bond acceptors (Lipinski definition) is 2. The van der Waals surface area contributed by atoms with E-state index in [0.717, 1.165) is 19.4 Å². The average Bonchev–Trinajstić information content (AvgIpc) is 2.19. The van der Waals surface area contributed by atoms with Gasteiger partial charge in [-0.15, -0.1) is 12.4 Å². The zero-order valence-corrected chi connectivity index (χ0v) is 7.12. The molecule has 0 saturated carbocycles. The lowest BCUT2D eigenvalue weighted by molar-refractivity contribution is -0.00000364. The van der Waals surface area contributed by atoms with E-state index in [-0.39, 0.29) is 30.9 Å². The monoisotopic (exact) mass is 182 g/mol. The second-order valence-electron chi connectivity index (χ2n) is 2.00. The fourth-order valence-corrected chi connectivity index (χ4v) is 0.907. The van der Waals surface area contributed by atoms with Crippen molar-refractivity contribution in [3.8, 4) is 6.07 Å². The largest absolute Gasteiger partial charge is 1.00 e. The minimum Gasteiger partial charge on any atom is -1.00 e. The summed E-state index contributed by atoms with van der Waals surface area (Å²) in [5.41, 5.74) is 0. The van der Waals surface area contributed by atoms with Gasteiger partial charge >= 0.3 is 0 Å². The second-order valence-corrected chi connectivity index (χ2v) is 2.00. The molecule has 0 aliphatic carbocycles. The van der Waals surface area contributed by atoms with E-state index in [1.54, 1.807) is 0 Å². The van der Waals surface area contributed by atoms with E-state index >= 15 is 0 Å². The molecule has 1 unspecified atom stereocenters. The maximum absolute atomic E-state index is 8.20. The van der Waals surface area contributed by atoms with Gasteiger partial charge in [-0.1, -0.05) is 0 Å². The number of nitriles is 1. The van der Waals surface area contributed by atoms with E-state index in [0.29, 0.717) is 6.42 Å². The summed E-state index contributed by atoms with van der Waals surface area (Å²) in [4.78, 5) is 0. The molecular formula is C6H10Cl2NO-. The van der Waals surface area contributed by atoms with Crippen LogP contribution in [0.2, 0.25) is 0 Å². The summed E-state index contributed by atoms with van der Waals surface area (Å²) in [5.74, 6) is 0. The number of ether oxygens (including phenoxy) is 1. The highest BCUT2D eigenvalue weighted by molar-refractivity contribution is 5.85. The first-order valence-electron chi connectivity index (χ1n) is 2.92. The van der Waals surface area contributed by atoms with Crippen LogP contribution in [-0.2, 0) is 4.74 Å². The zero-order chi connectivity index (χ0) is 5.82. The Morgan fingerprint density at radius 2 is 2.30 bits per heavy atom. The zero-order valence-electron chi connectivity index (χ0n) is 5.55. The third kappa shape index (κ3) is 3.94. The van der Waals surface area contributed by atoms with Crippen molar-refractivity contribution < 1.29 is 17.1 Å². The van der Waals surface area contributed by atoms with Gasteiger partial charge in [-0.2, -0.15) is 5.26 Å². The minimum absolute atomic E-state index is 0. The summed E-state index contributed by atoms with van der Waals surface area (Å²) in [6, 6.07) is 2.08. The smallest absolute Gasteiger partial charge is 0.0705 e. The van der Waals surface area contributed by atoms with E-state index < -0.39 is 0 Å². The third-order valence-corrected chi connectivity index (χ3v) is 1.34. The fraction of sp³-hybridized carbons (Fsp3) is 0.833. The van der Waals surface area contributed by atoms with Gasteiger partial charge < -0.3 is 17.1 Å². The highest BCUT2D eigenvalue weighted by atomic mass is 35.5. The topological polar surface area (TPSA) is 33.0 Å². The number of hydrogen-bond donors (Lipinski definition) is 0. The molecule has 1 rings (SSSR count). The predicted octanol–water partition coefficient (Wildman–Crippen LogP) is -1.50. The van der Waals surface area contributed by atoms with Gasteiger partial charge in [-0.25, -0.2) is 0 Å². The lowest BCUT2D eigenvalue weighted by Crippen LogP contribution is -3.00. The molecule has 0 radical (unpaired) electrons. The first-order valence-corrected chi connectivity index (χ1v) is 2.92. The molecular weight excluding hydrogens is 173 g/mol. The third-order valence-electron chi connectivity index (χ3n) is 1.34. The molecule has 2 nitrogen and oxygen atoms in total. The van der Waals surface area contributed by atoms with E-state index in [9.17, 15) is 0 Å². The van der Waals surface area contributed by atoms with Crippen LogP contribution < -0.4 is 12.4 Å². The second kappa shape index (κ2) is 7.14. The molecule has 0 amide bonds. The van der Waals surface area contributed by atoms with Crippen molar-refractivity contribution >= 4 is 12.4 Å². The lowest BCUT2D eigenvalue weighted by Gasteiger charge is -1.99. The fourth-order valence-electron chi connectivity index (χ4n) is 0.907. The van der Waals surface area contributed by atoms with Crippen molar-refractivity contribution in [2.45, 2.75) is 25.4 Å². The molecule has 1 fully saturated rings. The highest BCUT2D eigenvalue weighted by Crippen LogP contribution is 2.13. The summed E-state index contributed by atoms with van der Waals surface area (Å²) in [5, 5.41) is 8.20. The van der Waals surface area contributed by atoms with E-state index in [4.69, 9.17) is 10.00 Å². The lowest BCUT2D eigenvalue weighted by atomic mass is 10.2. The maximum atomic E-state index is 8.20. The van der Waals surface area contributed by atoms with Crippen LogP contribution in [0.15, 0.2) is 0 Å². The molecule has 1 saturated heterocycles. The van der Waals surface area contributed by atoms with Gasteiger partial charge in [0.15, 0.2) is 0 Å². The Kier molecular flexibility index (Phi) is 9.06. The Hall–Kier alpha value is 0.0300. The average molecular weight is 183 g/mol. The maximum Gasteiger partial charge on any atom is 0.0705 e. The van der Waals surface area contributed by atoms with Crippen molar-refractivity contribution in [1.82, 2.24) is 0 Å². The van der Waals surface area contributed by atoms with E-state index in [2.05, 4.69) is 6.07 Å². The molecule has 60 valence electrons. The first-order chi connectivity index (χ1) is 3.93. The molecule has 1 heterocycles. The summed E-state index contributed by atoms with van der Waals surface area (Å²) in [6.45, 7) is 0.854. The Labute approximate surface area is 73.4 Å². The molecule has 0 aromatic rings. The van der Waals surface area contributed by atoms with E-state index in [1.807, 2.05) is 0 Å². The molecule has 0 aromatic carbocycles. The number of nitrogens with zero attached hydrogens (tertiary/aromatic N) is 1. The number of halogens is 2. The Morgan fingerprint density at radius 3 is 2.70 bits per heavy atom. The first kappa shape index (κ1) is 12.7. The van der Waals surface area contributed by atoms with Crippen LogP contribution in [0.1, 0.15) is 19.3 Å². The summed E-state index contributed by atoms with van der Waals surface area (Å²) in [7, 11) is 0. The molecule has 1 aliphatic rings. The summed E-state index contributed by atoms with van der Waals surface area (Å²) >= 11 is 0. The van der Waals surface area contributed by atoms with Gasteiger partial charge in [0.2, 0.25) is 0 Å². The van der Waals surface area contributed by atoms with Crippen molar-refractivity contribution in [1.29, 1.82) is 5.26 Å². The number of rotatable bonds is 1. The van der Waals surface area contributed by atoms with Crippen LogP contribution in [0.3, 0.4) is 0 Å². The predicted molar refractivity (Wildman–Crippen MR) is 36.5 cm³/mol. The Morgan fingerprint density at radius 1 is 1.60 bits per heavy atom. The SMILES string of the molecule is Cl.N#CCC1CCCO1.[Cl-]. The highest BCUT2D eigenvalue weighted by Gasteiger charge is 2.13. The van der Waals surface area contributed by atoms with Crippen molar-refractivity contribution in [3.05, 3.63) is 0 Å². The standard InChI is InChI=1S/C6H9NO.2ClH/c7-4-3-6-2-1-5-8-6;;/h6H,1-3,5H2;2*1H/p-1. The Bertz CT molecular complexity index is 107. The normalized spacial score (nSPS) is 22.1. The van der Waals surface area contributed by atoms with Crippen LogP contribution in [0.25, 0.3) is 0 Å². The molecule has 0 spiro atoms.